The molecule has 190 valence electrons. The Hall–Kier alpha value is -2.73. The van der Waals surface area contributed by atoms with E-state index in [1.807, 2.05) is 43.3 Å². The molecule has 1 aliphatic rings. The zero-order valence-electron chi connectivity index (χ0n) is 21.0. The molecule has 0 heterocycles. The van der Waals surface area contributed by atoms with Crippen LogP contribution in [0, 0.1) is 5.92 Å². The van der Waals surface area contributed by atoms with Crippen LogP contribution in [0.15, 0.2) is 48.5 Å². The number of hydrogen-bond donors (Lipinski definition) is 1. The number of benzene rings is 2. The minimum atomic E-state index is -0.852. The molecule has 0 unspecified atom stereocenters. The number of amides is 2. The summed E-state index contributed by atoms with van der Waals surface area (Å²) in [6.45, 7) is 5.11. The second-order valence-electron chi connectivity index (χ2n) is 9.27. The SMILES string of the molecule is CCCOc1ccc([C@H](C(=O)NC2CCC(C)CC2)N(Cc2ccccc2)C(=O)CCl)cc1OC. The topological polar surface area (TPSA) is 67.9 Å². The smallest absolute Gasteiger partial charge is 0.247 e. The van der Waals surface area contributed by atoms with Crippen LogP contribution in [0.3, 0.4) is 0 Å². The fourth-order valence-electron chi connectivity index (χ4n) is 4.52. The predicted molar refractivity (Wildman–Crippen MR) is 139 cm³/mol. The molecule has 0 radical (unpaired) electrons. The lowest BCUT2D eigenvalue weighted by Crippen LogP contribution is -2.47. The van der Waals surface area contributed by atoms with Crippen molar-refractivity contribution in [3.8, 4) is 11.5 Å². The van der Waals surface area contributed by atoms with Crippen molar-refractivity contribution < 1.29 is 19.1 Å². The number of carbonyl (C=O) groups is 2. The van der Waals surface area contributed by atoms with E-state index in [1.165, 1.54) is 0 Å². The van der Waals surface area contributed by atoms with Gasteiger partial charge in [-0.2, -0.15) is 0 Å². The molecule has 0 aliphatic heterocycles. The van der Waals surface area contributed by atoms with Crippen LogP contribution >= 0.6 is 11.6 Å². The Balaban J connectivity index is 1.97. The fraction of sp³-hybridized carbons (Fsp3) is 0.500. The number of halogens is 1. The minimum absolute atomic E-state index is 0.0972. The molecule has 0 aromatic heterocycles. The summed E-state index contributed by atoms with van der Waals surface area (Å²) in [5.41, 5.74) is 1.58. The van der Waals surface area contributed by atoms with E-state index < -0.39 is 6.04 Å². The average Bonchev–Trinajstić information content (AvgIpc) is 2.88. The number of carbonyl (C=O) groups excluding carboxylic acids is 2. The molecule has 1 aliphatic carbocycles. The van der Waals surface area contributed by atoms with Gasteiger partial charge in [-0.15, -0.1) is 11.6 Å². The highest BCUT2D eigenvalue weighted by Gasteiger charge is 2.33. The van der Waals surface area contributed by atoms with Crippen LogP contribution in [0.25, 0.3) is 0 Å². The first-order valence-corrected chi connectivity index (χ1v) is 13.0. The van der Waals surface area contributed by atoms with Gasteiger partial charge in [0.2, 0.25) is 11.8 Å². The maximum atomic E-state index is 13.8. The number of hydrogen-bond acceptors (Lipinski definition) is 4. The molecule has 6 nitrogen and oxygen atoms in total. The monoisotopic (exact) mass is 500 g/mol. The Kier molecular flexibility index (Phi) is 10.3. The van der Waals surface area contributed by atoms with Gasteiger partial charge in [0.15, 0.2) is 11.5 Å². The Morgan fingerprint density at radius 1 is 1.09 bits per heavy atom. The number of ether oxygens (including phenoxy) is 2. The van der Waals surface area contributed by atoms with Gasteiger partial charge in [-0.1, -0.05) is 50.2 Å². The predicted octanol–water partition coefficient (Wildman–Crippen LogP) is 5.49. The van der Waals surface area contributed by atoms with Crippen molar-refractivity contribution in [1.82, 2.24) is 10.2 Å². The third kappa shape index (κ3) is 7.38. The van der Waals surface area contributed by atoms with Crippen LogP contribution < -0.4 is 14.8 Å². The number of nitrogens with one attached hydrogen (secondary N) is 1. The van der Waals surface area contributed by atoms with Gasteiger partial charge < -0.3 is 19.7 Å². The third-order valence-electron chi connectivity index (χ3n) is 6.52. The van der Waals surface area contributed by atoms with Crippen LogP contribution in [0.5, 0.6) is 11.5 Å². The van der Waals surface area contributed by atoms with Crippen LogP contribution in [0.4, 0.5) is 0 Å². The van der Waals surface area contributed by atoms with E-state index in [-0.39, 0.29) is 30.3 Å². The second-order valence-corrected chi connectivity index (χ2v) is 9.53. The number of alkyl halides is 1. The summed E-state index contributed by atoms with van der Waals surface area (Å²) in [6.07, 6.45) is 4.91. The van der Waals surface area contributed by atoms with Crippen LogP contribution in [0.1, 0.15) is 63.1 Å². The molecule has 1 fully saturated rings. The van der Waals surface area contributed by atoms with E-state index in [4.69, 9.17) is 21.1 Å². The van der Waals surface area contributed by atoms with Gasteiger partial charge in [0.05, 0.1) is 13.7 Å². The maximum absolute atomic E-state index is 13.8. The largest absolute Gasteiger partial charge is 0.493 e. The van der Waals surface area contributed by atoms with Crippen molar-refractivity contribution in [2.75, 3.05) is 19.6 Å². The Morgan fingerprint density at radius 2 is 1.80 bits per heavy atom. The van der Waals surface area contributed by atoms with Crippen molar-refractivity contribution in [1.29, 1.82) is 0 Å². The Bertz CT molecular complexity index is 961. The number of rotatable bonds is 11. The lowest BCUT2D eigenvalue weighted by Gasteiger charge is -2.34. The molecule has 3 rings (SSSR count). The first kappa shape index (κ1) is 26.9. The van der Waals surface area contributed by atoms with Gasteiger partial charge in [-0.25, -0.2) is 0 Å². The second kappa shape index (κ2) is 13.4. The highest BCUT2D eigenvalue weighted by molar-refractivity contribution is 6.27. The van der Waals surface area contributed by atoms with Gasteiger partial charge in [0, 0.05) is 12.6 Å². The first-order chi connectivity index (χ1) is 17.0. The van der Waals surface area contributed by atoms with Gasteiger partial charge in [-0.05, 0) is 61.3 Å². The van der Waals surface area contributed by atoms with E-state index in [9.17, 15) is 9.59 Å². The van der Waals surface area contributed by atoms with Gasteiger partial charge in [0.1, 0.15) is 11.9 Å². The van der Waals surface area contributed by atoms with E-state index in [1.54, 1.807) is 24.1 Å². The summed E-state index contributed by atoms with van der Waals surface area (Å²) in [6, 6.07) is 14.3. The van der Waals surface area contributed by atoms with Gasteiger partial charge in [-0.3, -0.25) is 9.59 Å². The van der Waals surface area contributed by atoms with Crippen LogP contribution in [0.2, 0.25) is 0 Å². The normalized spacial score (nSPS) is 18.4. The van der Waals surface area contributed by atoms with Crippen molar-refractivity contribution in [3.05, 3.63) is 59.7 Å². The molecule has 1 saturated carbocycles. The van der Waals surface area contributed by atoms with Crippen LogP contribution in [-0.2, 0) is 16.1 Å². The molecule has 0 spiro atoms. The number of methoxy groups -OCH3 is 1. The van der Waals surface area contributed by atoms with E-state index >= 15 is 0 Å². The Labute approximate surface area is 213 Å². The summed E-state index contributed by atoms with van der Waals surface area (Å²) in [5, 5.41) is 3.22. The third-order valence-corrected chi connectivity index (χ3v) is 6.75. The molecule has 1 atom stereocenters. The summed E-state index contributed by atoms with van der Waals surface area (Å²) in [4.78, 5) is 28.4. The van der Waals surface area contributed by atoms with Crippen molar-refractivity contribution in [3.63, 3.8) is 0 Å². The summed E-state index contributed by atoms with van der Waals surface area (Å²) < 4.78 is 11.4. The van der Waals surface area contributed by atoms with Crippen molar-refractivity contribution >= 4 is 23.4 Å². The van der Waals surface area contributed by atoms with Crippen molar-refractivity contribution in [2.24, 2.45) is 5.92 Å². The van der Waals surface area contributed by atoms with Crippen molar-refractivity contribution in [2.45, 2.75) is 64.6 Å². The van der Waals surface area contributed by atoms with Gasteiger partial charge in [0.25, 0.3) is 0 Å². The highest BCUT2D eigenvalue weighted by Crippen LogP contribution is 2.34. The molecule has 35 heavy (non-hydrogen) atoms. The number of nitrogens with zero attached hydrogens (tertiary/aromatic N) is 1. The zero-order valence-corrected chi connectivity index (χ0v) is 21.7. The first-order valence-electron chi connectivity index (χ1n) is 12.5. The molecular weight excluding hydrogens is 464 g/mol. The average molecular weight is 501 g/mol. The molecule has 0 bridgehead atoms. The molecule has 0 saturated heterocycles. The maximum Gasteiger partial charge on any atom is 0.247 e. The molecule has 7 heteroatoms. The quantitative estimate of drug-likeness (QED) is 0.414. The van der Waals surface area contributed by atoms with E-state index in [0.717, 1.165) is 37.7 Å². The van der Waals surface area contributed by atoms with Crippen LogP contribution in [-0.4, -0.2) is 42.4 Å². The fourth-order valence-corrected chi connectivity index (χ4v) is 4.68. The zero-order chi connectivity index (χ0) is 25.2. The lowest BCUT2D eigenvalue weighted by atomic mass is 9.87. The van der Waals surface area contributed by atoms with Gasteiger partial charge >= 0.3 is 0 Å². The molecule has 1 N–H and O–H groups in total. The lowest BCUT2D eigenvalue weighted by molar-refractivity contribution is -0.140. The standard InChI is InChI=1S/C28H37ClN2O4/c1-4-16-35-24-15-12-22(17-25(24)34-3)27(28(33)30-23-13-10-20(2)11-14-23)31(26(32)18-29)19-21-8-6-5-7-9-21/h5-9,12,15,17,20,23,27H,4,10-11,13-14,16,18-19H2,1-3H3,(H,30,33)/t20?,23?,27-/m1/s1. The minimum Gasteiger partial charge on any atom is -0.493 e. The molecule has 2 aromatic carbocycles. The summed E-state index contributed by atoms with van der Waals surface area (Å²) in [5.74, 6) is 1.08. The summed E-state index contributed by atoms with van der Waals surface area (Å²) >= 11 is 6.03. The molecule has 2 amide bonds. The molecule has 2 aromatic rings. The highest BCUT2D eigenvalue weighted by atomic mass is 35.5. The molecular formula is C28H37ClN2O4. The van der Waals surface area contributed by atoms with E-state index in [2.05, 4.69) is 12.2 Å². The Morgan fingerprint density at radius 3 is 2.43 bits per heavy atom. The van der Waals surface area contributed by atoms with E-state index in [0.29, 0.717) is 29.6 Å². The summed E-state index contributed by atoms with van der Waals surface area (Å²) in [7, 11) is 1.57.